The molecule has 11 rings (SSSR count). The zero-order chi connectivity index (χ0) is 37.2. The summed E-state index contributed by atoms with van der Waals surface area (Å²) in [6.07, 6.45) is 0. The molecule has 3 aromatic heterocycles. The Morgan fingerprint density at radius 1 is 0.411 bits per heavy atom. The molecule has 0 fully saturated rings. The molecule has 0 atom stereocenters. The number of aromatic nitrogens is 3. The van der Waals surface area contributed by atoms with E-state index >= 15 is 0 Å². The van der Waals surface area contributed by atoms with Crippen LogP contribution in [0.25, 0.3) is 99.4 Å². The van der Waals surface area contributed by atoms with Gasteiger partial charge in [-0.05, 0) is 71.3 Å². The minimum atomic E-state index is 0.637. The fourth-order valence-corrected chi connectivity index (χ4v) is 8.72. The Labute approximate surface area is 323 Å². The second-order valence-corrected chi connectivity index (χ2v) is 14.2. The normalized spacial score (nSPS) is 11.6. The zero-order valence-electron chi connectivity index (χ0n) is 30.3. The Morgan fingerprint density at radius 2 is 0.982 bits per heavy atom. The van der Waals surface area contributed by atoms with Crippen LogP contribution in [-0.4, -0.2) is 14.1 Å². The van der Waals surface area contributed by atoms with Crippen LogP contribution in [0.3, 0.4) is 0 Å². The molecule has 0 saturated heterocycles. The van der Waals surface area contributed by atoms with Gasteiger partial charge in [0.05, 0.1) is 38.8 Å². The Kier molecular flexibility index (Phi) is 7.20. The molecule has 0 aliphatic heterocycles. The van der Waals surface area contributed by atoms with E-state index in [0.29, 0.717) is 5.56 Å². The van der Waals surface area contributed by atoms with Crippen molar-refractivity contribution in [3.05, 3.63) is 200 Å². The van der Waals surface area contributed by atoms with Crippen LogP contribution in [-0.2, 0) is 0 Å². The van der Waals surface area contributed by atoms with Gasteiger partial charge in [-0.25, -0.2) is 4.98 Å². The number of rotatable bonds is 5. The van der Waals surface area contributed by atoms with E-state index in [2.05, 4.69) is 167 Å². The number of benzene rings is 8. The van der Waals surface area contributed by atoms with Crippen molar-refractivity contribution < 1.29 is 0 Å². The molecule has 0 spiro atoms. The molecule has 0 amide bonds. The van der Waals surface area contributed by atoms with Crippen molar-refractivity contribution in [3.8, 4) is 51.0 Å². The number of hydrogen-bond donors (Lipinski definition) is 0. The summed E-state index contributed by atoms with van der Waals surface area (Å²) < 4.78 is 4.75. The number of para-hydroxylation sites is 4. The van der Waals surface area contributed by atoms with Gasteiger partial charge < -0.3 is 9.13 Å². The first-order valence-electron chi connectivity index (χ1n) is 18.9. The lowest BCUT2D eigenvalue weighted by molar-refractivity contribution is 1.18. The van der Waals surface area contributed by atoms with Gasteiger partial charge in [-0.15, -0.1) is 0 Å². The molecule has 0 unspecified atom stereocenters. The smallest absolute Gasteiger partial charge is 0.101 e. The topological polar surface area (TPSA) is 46.5 Å². The molecule has 0 radical (unpaired) electrons. The third-order valence-electron chi connectivity index (χ3n) is 11.2. The van der Waals surface area contributed by atoms with Gasteiger partial charge in [0.15, 0.2) is 0 Å². The molecule has 0 aliphatic carbocycles. The third kappa shape index (κ3) is 4.82. The summed E-state index contributed by atoms with van der Waals surface area (Å²) in [6.45, 7) is 0. The summed E-state index contributed by atoms with van der Waals surface area (Å²) in [7, 11) is 0. The molecule has 8 aromatic carbocycles. The van der Waals surface area contributed by atoms with Crippen LogP contribution in [0.4, 0.5) is 0 Å². The second-order valence-electron chi connectivity index (χ2n) is 14.2. The quantitative estimate of drug-likeness (QED) is 0.178. The first-order valence-corrected chi connectivity index (χ1v) is 18.9. The summed E-state index contributed by atoms with van der Waals surface area (Å²) in [4.78, 5) is 5.17. The molecule has 0 saturated carbocycles. The van der Waals surface area contributed by atoms with Gasteiger partial charge in [-0.3, -0.25) is 0 Å². The van der Waals surface area contributed by atoms with E-state index in [1.54, 1.807) is 0 Å². The highest BCUT2D eigenvalue weighted by Gasteiger charge is 2.21. The molecular formula is C52H32N4. The molecule has 0 bridgehead atoms. The van der Waals surface area contributed by atoms with E-state index < -0.39 is 0 Å². The van der Waals surface area contributed by atoms with Crippen molar-refractivity contribution in [2.45, 2.75) is 0 Å². The highest BCUT2D eigenvalue weighted by atomic mass is 15.0. The predicted octanol–water partition coefficient (Wildman–Crippen LogP) is 13.3. The molecular weight excluding hydrogens is 681 g/mol. The summed E-state index contributed by atoms with van der Waals surface area (Å²) in [5.74, 6) is 0. The fourth-order valence-electron chi connectivity index (χ4n) is 8.72. The van der Waals surface area contributed by atoms with Crippen LogP contribution >= 0.6 is 0 Å². The SMILES string of the molecule is N#Cc1c(-c2ccccc2)c(-c2ccc(-n3c4ccccc4c4c(-c5ccc6c7ccccc7n(-c7ccccc7)c6c5)cccc43)cc2)nc2ccccc12. The summed E-state index contributed by atoms with van der Waals surface area (Å²) in [5, 5.41) is 16.3. The summed E-state index contributed by atoms with van der Waals surface area (Å²) in [6, 6.07) is 70.8. The standard InChI is InChI=1S/C52H32N4/c53-33-44-40-18-7-10-22-45(40)54-52(50(44)34-14-3-1-4-15-34)35-26-29-38(30-27-35)55-47-24-12-9-20-43(47)51-39(21-13-25-48(51)55)36-28-31-42-41-19-8-11-23-46(41)56(49(42)32-36)37-16-5-2-6-17-37/h1-32H. The maximum Gasteiger partial charge on any atom is 0.101 e. The fraction of sp³-hybridized carbons (Fsp3) is 0. The lowest BCUT2D eigenvalue weighted by atomic mass is 9.92. The molecule has 56 heavy (non-hydrogen) atoms. The summed E-state index contributed by atoms with van der Waals surface area (Å²) >= 11 is 0. The molecule has 260 valence electrons. The van der Waals surface area contributed by atoms with Crippen LogP contribution in [0.2, 0.25) is 0 Å². The van der Waals surface area contributed by atoms with Gasteiger partial charge in [0.1, 0.15) is 6.07 Å². The highest BCUT2D eigenvalue weighted by molar-refractivity contribution is 6.17. The maximum absolute atomic E-state index is 10.5. The van der Waals surface area contributed by atoms with Crippen molar-refractivity contribution in [2.75, 3.05) is 0 Å². The minimum Gasteiger partial charge on any atom is -0.309 e. The Morgan fingerprint density at radius 3 is 1.75 bits per heavy atom. The Balaban J connectivity index is 1.10. The van der Waals surface area contributed by atoms with Crippen molar-refractivity contribution in [3.63, 3.8) is 0 Å². The van der Waals surface area contributed by atoms with Crippen LogP contribution in [0.15, 0.2) is 194 Å². The van der Waals surface area contributed by atoms with Crippen molar-refractivity contribution in [1.29, 1.82) is 5.26 Å². The van der Waals surface area contributed by atoms with Crippen LogP contribution < -0.4 is 0 Å². The number of nitrogens with zero attached hydrogens (tertiary/aromatic N) is 4. The Bertz CT molecular complexity index is 3350. The van der Waals surface area contributed by atoms with E-state index in [1.807, 2.05) is 42.5 Å². The lowest BCUT2D eigenvalue weighted by Gasteiger charge is -2.15. The monoisotopic (exact) mass is 712 g/mol. The average Bonchev–Trinajstić information content (AvgIpc) is 3.79. The Hall–Kier alpha value is -7.74. The van der Waals surface area contributed by atoms with Crippen molar-refractivity contribution in [2.24, 2.45) is 0 Å². The van der Waals surface area contributed by atoms with Gasteiger partial charge in [0.2, 0.25) is 0 Å². The van der Waals surface area contributed by atoms with Gasteiger partial charge >= 0.3 is 0 Å². The van der Waals surface area contributed by atoms with Gasteiger partial charge in [0, 0.05) is 49.4 Å². The van der Waals surface area contributed by atoms with E-state index in [9.17, 15) is 5.26 Å². The maximum atomic E-state index is 10.5. The predicted molar refractivity (Wildman–Crippen MR) is 231 cm³/mol. The van der Waals surface area contributed by atoms with Gasteiger partial charge in [-0.1, -0.05) is 140 Å². The minimum absolute atomic E-state index is 0.637. The second kappa shape index (κ2) is 12.7. The molecule has 3 heterocycles. The zero-order valence-corrected chi connectivity index (χ0v) is 30.3. The van der Waals surface area contributed by atoms with E-state index in [0.717, 1.165) is 55.7 Å². The number of pyridine rings is 1. The van der Waals surface area contributed by atoms with Gasteiger partial charge in [0.25, 0.3) is 0 Å². The average molecular weight is 713 g/mol. The van der Waals surface area contributed by atoms with Crippen molar-refractivity contribution in [1.82, 2.24) is 14.1 Å². The molecule has 0 aliphatic rings. The van der Waals surface area contributed by atoms with E-state index in [-0.39, 0.29) is 0 Å². The summed E-state index contributed by atoms with van der Waals surface area (Å²) in [5.41, 5.74) is 14.2. The first-order chi connectivity index (χ1) is 27.8. The van der Waals surface area contributed by atoms with Crippen LogP contribution in [0.1, 0.15) is 5.56 Å². The lowest BCUT2D eigenvalue weighted by Crippen LogP contribution is -1.97. The third-order valence-corrected chi connectivity index (χ3v) is 11.2. The first kappa shape index (κ1) is 31.8. The van der Waals surface area contributed by atoms with E-state index in [4.69, 9.17) is 4.98 Å². The number of nitriles is 1. The molecule has 0 N–H and O–H groups in total. The number of hydrogen-bond acceptors (Lipinski definition) is 2. The number of fused-ring (bicyclic) bond motifs is 7. The van der Waals surface area contributed by atoms with Gasteiger partial charge in [-0.2, -0.15) is 5.26 Å². The van der Waals surface area contributed by atoms with Crippen LogP contribution in [0, 0.1) is 11.3 Å². The van der Waals surface area contributed by atoms with Crippen LogP contribution in [0.5, 0.6) is 0 Å². The largest absolute Gasteiger partial charge is 0.309 e. The van der Waals surface area contributed by atoms with Crippen molar-refractivity contribution >= 4 is 54.5 Å². The molecule has 4 heteroatoms. The molecule has 4 nitrogen and oxygen atoms in total. The van der Waals surface area contributed by atoms with E-state index in [1.165, 1.54) is 43.7 Å². The molecule has 11 aromatic rings. The highest BCUT2D eigenvalue weighted by Crippen LogP contribution is 2.42.